The fourth-order valence-corrected chi connectivity index (χ4v) is 2.96. The Bertz CT molecular complexity index is 467. The molecule has 1 aromatic heterocycles. The Kier molecular flexibility index (Phi) is 5.09. The van der Waals surface area contributed by atoms with E-state index in [1.54, 1.807) is 18.4 Å². The van der Waals surface area contributed by atoms with Crippen molar-refractivity contribution in [1.29, 1.82) is 0 Å². The zero-order valence-corrected chi connectivity index (χ0v) is 12.0. The van der Waals surface area contributed by atoms with Crippen molar-refractivity contribution in [3.05, 3.63) is 52.2 Å². The summed E-state index contributed by atoms with van der Waals surface area (Å²) in [6.45, 7) is 0. The molecule has 96 valence electrons. The molecule has 0 bridgehead atoms. The van der Waals surface area contributed by atoms with Gasteiger partial charge in [0.1, 0.15) is 5.75 Å². The average molecular weight is 281 g/mol. The number of benzene rings is 1. The summed E-state index contributed by atoms with van der Waals surface area (Å²) < 4.78 is 5.24. The predicted molar refractivity (Wildman–Crippen MR) is 78.9 cm³/mol. The summed E-state index contributed by atoms with van der Waals surface area (Å²) >= 11 is 7.82. The van der Waals surface area contributed by atoms with Gasteiger partial charge in [0.2, 0.25) is 0 Å². The van der Waals surface area contributed by atoms with E-state index in [4.69, 9.17) is 16.3 Å². The van der Waals surface area contributed by atoms with Gasteiger partial charge < -0.3 is 4.74 Å². The van der Waals surface area contributed by atoms with Gasteiger partial charge in [0.15, 0.2) is 0 Å². The van der Waals surface area contributed by atoms with E-state index in [2.05, 4.69) is 29.0 Å². The van der Waals surface area contributed by atoms with Crippen molar-refractivity contribution >= 4 is 22.9 Å². The highest BCUT2D eigenvalue weighted by atomic mass is 35.5. The normalized spacial score (nSPS) is 12.3. The number of alkyl halides is 1. The molecule has 1 heterocycles. The number of methoxy groups -OCH3 is 1. The van der Waals surface area contributed by atoms with Crippen LogP contribution in [-0.2, 0) is 12.8 Å². The molecule has 3 heteroatoms. The fraction of sp³-hybridized carbons (Fsp3) is 0.333. The van der Waals surface area contributed by atoms with E-state index in [1.165, 1.54) is 11.1 Å². The van der Waals surface area contributed by atoms with Gasteiger partial charge in [0.05, 0.1) is 7.11 Å². The quantitative estimate of drug-likeness (QED) is 0.713. The molecule has 0 amide bonds. The van der Waals surface area contributed by atoms with Crippen LogP contribution in [0.2, 0.25) is 0 Å². The molecule has 18 heavy (non-hydrogen) atoms. The minimum Gasteiger partial charge on any atom is -0.497 e. The second kappa shape index (κ2) is 6.81. The third kappa shape index (κ3) is 3.76. The first-order valence-electron chi connectivity index (χ1n) is 6.01. The first kappa shape index (κ1) is 13.4. The first-order chi connectivity index (χ1) is 8.81. The third-order valence-corrected chi connectivity index (χ3v) is 4.15. The Labute approximate surface area is 117 Å². The van der Waals surface area contributed by atoms with E-state index in [9.17, 15) is 0 Å². The summed E-state index contributed by atoms with van der Waals surface area (Å²) in [5, 5.41) is 4.32. The summed E-state index contributed by atoms with van der Waals surface area (Å²) in [6, 6.07) is 10.4. The monoisotopic (exact) mass is 280 g/mol. The number of hydrogen-bond donors (Lipinski definition) is 0. The summed E-state index contributed by atoms with van der Waals surface area (Å²) in [6.07, 6.45) is 2.04. The lowest BCUT2D eigenvalue weighted by Crippen LogP contribution is -2.09. The van der Waals surface area contributed by atoms with E-state index in [-0.39, 0.29) is 0 Å². The number of ether oxygens (including phenoxy) is 1. The zero-order valence-electron chi connectivity index (χ0n) is 10.4. The highest BCUT2D eigenvalue weighted by molar-refractivity contribution is 7.07. The standard InChI is InChI=1S/C15H17ClOS/c1-17-15-4-2-3-12(9-15)7-14(10-16)8-13-5-6-18-11-13/h2-6,9,11,14H,7-8,10H2,1H3. The summed E-state index contributed by atoms with van der Waals surface area (Å²) in [5.41, 5.74) is 2.67. The minimum absolute atomic E-state index is 0.480. The van der Waals surface area contributed by atoms with Gasteiger partial charge in [-0.2, -0.15) is 11.3 Å². The maximum Gasteiger partial charge on any atom is 0.119 e. The number of hydrogen-bond acceptors (Lipinski definition) is 2. The molecular weight excluding hydrogens is 264 g/mol. The summed E-state index contributed by atoms with van der Waals surface area (Å²) in [5.74, 6) is 2.08. The second-order valence-electron chi connectivity index (χ2n) is 4.41. The molecule has 0 fully saturated rings. The van der Waals surface area contributed by atoms with Gasteiger partial charge in [-0.15, -0.1) is 11.6 Å². The van der Waals surface area contributed by atoms with Crippen molar-refractivity contribution < 1.29 is 4.74 Å². The van der Waals surface area contributed by atoms with E-state index < -0.39 is 0 Å². The van der Waals surface area contributed by atoms with Crippen LogP contribution in [0, 0.1) is 5.92 Å². The third-order valence-electron chi connectivity index (χ3n) is 2.98. The Morgan fingerprint density at radius 1 is 1.22 bits per heavy atom. The van der Waals surface area contributed by atoms with E-state index in [0.717, 1.165) is 18.6 Å². The lowest BCUT2D eigenvalue weighted by atomic mass is 9.95. The molecule has 1 atom stereocenters. The van der Waals surface area contributed by atoms with Gasteiger partial charge in [0, 0.05) is 5.88 Å². The smallest absolute Gasteiger partial charge is 0.119 e. The topological polar surface area (TPSA) is 9.23 Å². The molecule has 0 aliphatic rings. The Morgan fingerprint density at radius 3 is 2.72 bits per heavy atom. The lowest BCUT2D eigenvalue weighted by molar-refractivity contribution is 0.414. The Morgan fingerprint density at radius 2 is 2.06 bits per heavy atom. The van der Waals surface area contributed by atoms with E-state index in [1.807, 2.05) is 12.1 Å². The van der Waals surface area contributed by atoms with Gasteiger partial charge in [-0.25, -0.2) is 0 Å². The predicted octanol–water partition coefficient (Wildman–Crippen LogP) is 4.40. The minimum atomic E-state index is 0.480. The maximum atomic E-state index is 6.08. The van der Waals surface area contributed by atoms with Crippen LogP contribution in [0.3, 0.4) is 0 Å². The van der Waals surface area contributed by atoms with Crippen LogP contribution in [0.1, 0.15) is 11.1 Å². The Balaban J connectivity index is 2.00. The largest absolute Gasteiger partial charge is 0.497 e. The van der Waals surface area contributed by atoms with Crippen molar-refractivity contribution in [1.82, 2.24) is 0 Å². The lowest BCUT2D eigenvalue weighted by Gasteiger charge is -2.13. The highest BCUT2D eigenvalue weighted by Gasteiger charge is 2.10. The van der Waals surface area contributed by atoms with Gasteiger partial charge in [-0.05, 0) is 58.8 Å². The number of halogens is 1. The molecule has 0 aliphatic carbocycles. The average Bonchev–Trinajstić information content (AvgIpc) is 2.91. The molecule has 0 N–H and O–H groups in total. The van der Waals surface area contributed by atoms with Crippen LogP contribution in [-0.4, -0.2) is 13.0 Å². The number of rotatable bonds is 6. The van der Waals surface area contributed by atoms with Crippen LogP contribution >= 0.6 is 22.9 Å². The van der Waals surface area contributed by atoms with Crippen molar-refractivity contribution in [2.24, 2.45) is 5.92 Å². The Hall–Kier alpha value is -0.990. The molecule has 2 aromatic rings. The van der Waals surface area contributed by atoms with Crippen molar-refractivity contribution in [2.45, 2.75) is 12.8 Å². The molecule has 0 saturated heterocycles. The fourth-order valence-electron chi connectivity index (χ4n) is 2.06. The SMILES string of the molecule is COc1cccc(CC(CCl)Cc2ccsc2)c1. The highest BCUT2D eigenvalue weighted by Crippen LogP contribution is 2.20. The zero-order chi connectivity index (χ0) is 12.8. The van der Waals surface area contributed by atoms with Crippen LogP contribution in [0.15, 0.2) is 41.1 Å². The molecular formula is C15H17ClOS. The van der Waals surface area contributed by atoms with Gasteiger partial charge in [-0.3, -0.25) is 0 Å². The molecule has 0 spiro atoms. The van der Waals surface area contributed by atoms with E-state index >= 15 is 0 Å². The molecule has 0 aliphatic heterocycles. The van der Waals surface area contributed by atoms with Gasteiger partial charge >= 0.3 is 0 Å². The van der Waals surface area contributed by atoms with Gasteiger partial charge in [-0.1, -0.05) is 12.1 Å². The summed E-state index contributed by atoms with van der Waals surface area (Å²) in [4.78, 5) is 0. The summed E-state index contributed by atoms with van der Waals surface area (Å²) in [7, 11) is 1.70. The van der Waals surface area contributed by atoms with Crippen LogP contribution in [0.25, 0.3) is 0 Å². The van der Waals surface area contributed by atoms with Gasteiger partial charge in [0.25, 0.3) is 0 Å². The molecule has 1 unspecified atom stereocenters. The molecule has 0 radical (unpaired) electrons. The molecule has 2 rings (SSSR count). The maximum absolute atomic E-state index is 6.08. The van der Waals surface area contributed by atoms with E-state index in [0.29, 0.717) is 11.8 Å². The van der Waals surface area contributed by atoms with Crippen LogP contribution in [0.4, 0.5) is 0 Å². The first-order valence-corrected chi connectivity index (χ1v) is 7.49. The van der Waals surface area contributed by atoms with Crippen molar-refractivity contribution in [3.8, 4) is 5.75 Å². The second-order valence-corrected chi connectivity index (χ2v) is 5.50. The molecule has 0 saturated carbocycles. The van der Waals surface area contributed by atoms with Crippen molar-refractivity contribution in [3.63, 3.8) is 0 Å². The van der Waals surface area contributed by atoms with Crippen LogP contribution < -0.4 is 4.74 Å². The number of thiophene rings is 1. The molecule has 1 nitrogen and oxygen atoms in total. The van der Waals surface area contributed by atoms with Crippen molar-refractivity contribution in [2.75, 3.05) is 13.0 Å². The molecule has 1 aromatic carbocycles. The van der Waals surface area contributed by atoms with Crippen LogP contribution in [0.5, 0.6) is 5.75 Å².